The van der Waals surface area contributed by atoms with E-state index in [0.29, 0.717) is 18.8 Å². The number of benzene rings is 2. The molecule has 8 heteroatoms. The SMILES string of the molecule is C[C@@H](NC(=O)COc1ccc(S(=O)(=O)N2CCCC2)cc1)c1ccc(F)cc1. The van der Waals surface area contributed by atoms with Gasteiger partial charge in [-0.15, -0.1) is 0 Å². The van der Waals surface area contributed by atoms with Crippen LogP contribution in [-0.4, -0.2) is 38.3 Å². The van der Waals surface area contributed by atoms with Crippen molar-refractivity contribution in [3.05, 3.63) is 59.9 Å². The third-order valence-electron chi connectivity index (χ3n) is 4.64. The van der Waals surface area contributed by atoms with E-state index in [9.17, 15) is 17.6 Å². The van der Waals surface area contributed by atoms with Crippen LogP contribution in [0.15, 0.2) is 53.4 Å². The highest BCUT2D eigenvalue weighted by atomic mass is 32.2. The lowest BCUT2D eigenvalue weighted by Gasteiger charge is -2.16. The maximum atomic E-state index is 13.0. The minimum absolute atomic E-state index is 0.205. The van der Waals surface area contributed by atoms with E-state index >= 15 is 0 Å². The number of nitrogens with zero attached hydrogens (tertiary/aromatic N) is 1. The van der Waals surface area contributed by atoms with Gasteiger partial charge in [0, 0.05) is 13.1 Å². The summed E-state index contributed by atoms with van der Waals surface area (Å²) in [4.78, 5) is 12.3. The molecule has 28 heavy (non-hydrogen) atoms. The van der Waals surface area contributed by atoms with Gasteiger partial charge < -0.3 is 10.1 Å². The fourth-order valence-corrected chi connectivity index (χ4v) is 4.57. The molecule has 1 N–H and O–H groups in total. The van der Waals surface area contributed by atoms with Crippen LogP contribution >= 0.6 is 0 Å². The van der Waals surface area contributed by atoms with Gasteiger partial charge in [0.1, 0.15) is 11.6 Å². The molecular weight excluding hydrogens is 383 g/mol. The average molecular weight is 406 g/mol. The van der Waals surface area contributed by atoms with Crippen LogP contribution in [0, 0.1) is 5.82 Å². The van der Waals surface area contributed by atoms with Gasteiger partial charge in [0.05, 0.1) is 10.9 Å². The van der Waals surface area contributed by atoms with Gasteiger partial charge in [-0.3, -0.25) is 4.79 Å². The molecular formula is C20H23FN2O4S. The Balaban J connectivity index is 1.53. The molecule has 1 amide bonds. The summed E-state index contributed by atoms with van der Waals surface area (Å²) in [7, 11) is -3.46. The molecule has 1 heterocycles. The highest BCUT2D eigenvalue weighted by Crippen LogP contribution is 2.23. The van der Waals surface area contributed by atoms with Crippen LogP contribution in [0.3, 0.4) is 0 Å². The molecule has 1 aliphatic heterocycles. The highest BCUT2D eigenvalue weighted by molar-refractivity contribution is 7.89. The maximum Gasteiger partial charge on any atom is 0.258 e. The summed E-state index contributed by atoms with van der Waals surface area (Å²) in [5.41, 5.74) is 0.784. The minimum atomic E-state index is -3.46. The molecule has 1 fully saturated rings. The zero-order chi connectivity index (χ0) is 20.1. The maximum absolute atomic E-state index is 13.0. The number of hydrogen-bond acceptors (Lipinski definition) is 4. The van der Waals surface area contributed by atoms with Crippen molar-refractivity contribution in [1.82, 2.24) is 9.62 Å². The van der Waals surface area contributed by atoms with Crippen molar-refractivity contribution >= 4 is 15.9 Å². The van der Waals surface area contributed by atoms with Crippen molar-refractivity contribution in [2.75, 3.05) is 19.7 Å². The first kappa shape index (κ1) is 20.3. The standard InChI is InChI=1S/C20H23FN2O4S/c1-15(16-4-6-17(21)7-5-16)22-20(24)14-27-18-8-10-19(11-9-18)28(25,26)23-12-2-3-13-23/h4-11,15H,2-3,12-14H2,1H3,(H,22,24)/t15-/m1/s1. The number of halogens is 1. The quantitative estimate of drug-likeness (QED) is 0.767. The predicted molar refractivity (Wildman–Crippen MR) is 103 cm³/mol. The van der Waals surface area contributed by atoms with Crippen LogP contribution in [0.1, 0.15) is 31.4 Å². The number of ether oxygens (including phenoxy) is 1. The molecule has 0 radical (unpaired) electrons. The molecule has 0 aliphatic carbocycles. The number of sulfonamides is 1. The summed E-state index contributed by atoms with van der Waals surface area (Å²) in [6, 6.07) is 11.7. The second-order valence-electron chi connectivity index (χ2n) is 6.71. The average Bonchev–Trinajstić information content (AvgIpc) is 3.23. The molecule has 2 aromatic rings. The second-order valence-corrected chi connectivity index (χ2v) is 8.65. The van der Waals surface area contributed by atoms with E-state index < -0.39 is 10.0 Å². The molecule has 0 aromatic heterocycles. The fraction of sp³-hybridized carbons (Fsp3) is 0.350. The summed E-state index contributed by atoms with van der Waals surface area (Å²) in [5, 5.41) is 2.77. The summed E-state index contributed by atoms with van der Waals surface area (Å²) in [6.45, 7) is 2.69. The van der Waals surface area contributed by atoms with Gasteiger partial charge in [-0.1, -0.05) is 12.1 Å². The van der Waals surface area contributed by atoms with E-state index in [1.807, 2.05) is 0 Å². The molecule has 0 saturated carbocycles. The lowest BCUT2D eigenvalue weighted by molar-refractivity contribution is -0.123. The van der Waals surface area contributed by atoms with Gasteiger partial charge in [-0.05, 0) is 61.7 Å². The third-order valence-corrected chi connectivity index (χ3v) is 6.56. The Labute approximate surface area is 164 Å². The van der Waals surface area contributed by atoms with E-state index in [1.54, 1.807) is 31.2 Å². The molecule has 3 rings (SSSR count). The van der Waals surface area contributed by atoms with E-state index in [0.717, 1.165) is 18.4 Å². The largest absolute Gasteiger partial charge is 0.484 e. The second kappa shape index (κ2) is 8.70. The van der Waals surface area contributed by atoms with Crippen molar-refractivity contribution in [1.29, 1.82) is 0 Å². The molecule has 1 aliphatic rings. The third kappa shape index (κ3) is 4.88. The monoisotopic (exact) mass is 406 g/mol. The first-order valence-electron chi connectivity index (χ1n) is 9.14. The van der Waals surface area contributed by atoms with Crippen molar-refractivity contribution < 1.29 is 22.3 Å². The molecule has 0 bridgehead atoms. The van der Waals surface area contributed by atoms with Crippen LogP contribution in [0.2, 0.25) is 0 Å². The van der Waals surface area contributed by atoms with E-state index in [-0.39, 0.29) is 29.3 Å². The number of rotatable bonds is 7. The summed E-state index contributed by atoms with van der Waals surface area (Å²) < 4.78 is 44.9. The zero-order valence-corrected chi connectivity index (χ0v) is 16.4. The van der Waals surface area contributed by atoms with Crippen LogP contribution in [0.5, 0.6) is 5.75 Å². The predicted octanol–water partition coefficient (Wildman–Crippen LogP) is 2.87. The first-order valence-corrected chi connectivity index (χ1v) is 10.6. The summed E-state index contributed by atoms with van der Waals surface area (Å²) >= 11 is 0. The zero-order valence-electron chi connectivity index (χ0n) is 15.6. The first-order chi connectivity index (χ1) is 13.4. The Kier molecular flexibility index (Phi) is 6.31. The Morgan fingerprint density at radius 3 is 2.32 bits per heavy atom. The van der Waals surface area contributed by atoms with Crippen molar-refractivity contribution in [2.45, 2.75) is 30.7 Å². The fourth-order valence-electron chi connectivity index (χ4n) is 3.05. The van der Waals surface area contributed by atoms with Gasteiger partial charge in [-0.2, -0.15) is 4.31 Å². The number of carbonyl (C=O) groups is 1. The number of amides is 1. The van der Waals surface area contributed by atoms with Crippen LogP contribution in [0.4, 0.5) is 4.39 Å². The molecule has 6 nitrogen and oxygen atoms in total. The van der Waals surface area contributed by atoms with E-state index in [4.69, 9.17) is 4.74 Å². The lowest BCUT2D eigenvalue weighted by Crippen LogP contribution is -2.31. The molecule has 0 spiro atoms. The molecule has 0 unspecified atom stereocenters. The smallest absolute Gasteiger partial charge is 0.258 e. The lowest BCUT2D eigenvalue weighted by atomic mass is 10.1. The topological polar surface area (TPSA) is 75.7 Å². The number of hydrogen-bond donors (Lipinski definition) is 1. The molecule has 1 atom stereocenters. The van der Waals surface area contributed by atoms with Crippen LogP contribution in [0.25, 0.3) is 0 Å². The van der Waals surface area contributed by atoms with Crippen molar-refractivity contribution in [3.63, 3.8) is 0 Å². The van der Waals surface area contributed by atoms with Gasteiger partial charge in [0.15, 0.2) is 6.61 Å². The number of carbonyl (C=O) groups excluding carboxylic acids is 1. The highest BCUT2D eigenvalue weighted by Gasteiger charge is 2.26. The van der Waals surface area contributed by atoms with Crippen LogP contribution in [-0.2, 0) is 14.8 Å². The molecule has 2 aromatic carbocycles. The Morgan fingerprint density at radius 2 is 1.71 bits per heavy atom. The normalized spacial score (nSPS) is 15.9. The summed E-state index contributed by atoms with van der Waals surface area (Å²) in [5.74, 6) is -0.253. The van der Waals surface area contributed by atoms with E-state index in [2.05, 4.69) is 5.32 Å². The Morgan fingerprint density at radius 1 is 1.11 bits per heavy atom. The van der Waals surface area contributed by atoms with Crippen molar-refractivity contribution in [2.24, 2.45) is 0 Å². The van der Waals surface area contributed by atoms with Crippen molar-refractivity contribution in [3.8, 4) is 5.75 Å². The Hall–Kier alpha value is -2.45. The molecule has 150 valence electrons. The van der Waals surface area contributed by atoms with Gasteiger partial charge in [0.25, 0.3) is 5.91 Å². The minimum Gasteiger partial charge on any atom is -0.484 e. The summed E-state index contributed by atoms with van der Waals surface area (Å²) in [6.07, 6.45) is 1.76. The van der Waals surface area contributed by atoms with Gasteiger partial charge >= 0.3 is 0 Å². The van der Waals surface area contributed by atoms with Crippen LogP contribution < -0.4 is 10.1 Å². The van der Waals surface area contributed by atoms with Gasteiger partial charge in [0.2, 0.25) is 10.0 Å². The van der Waals surface area contributed by atoms with E-state index in [1.165, 1.54) is 28.6 Å². The number of nitrogens with one attached hydrogen (secondary N) is 1. The van der Waals surface area contributed by atoms with Gasteiger partial charge in [-0.25, -0.2) is 12.8 Å². The Bertz CT molecular complexity index is 908. The molecule has 1 saturated heterocycles.